The first kappa shape index (κ1) is 15.6. The standard InChI is InChI=1S/C14H20N2O2S/c1-9-5-6-10(13(15)18)7-11(9)16-12(17)8-19-14(2,3)4/h5-7H,8H2,1-4H3,(H2,15,18)(H,16,17). The van der Waals surface area contributed by atoms with E-state index in [4.69, 9.17) is 5.73 Å². The van der Waals surface area contributed by atoms with Gasteiger partial charge in [-0.15, -0.1) is 11.8 Å². The van der Waals surface area contributed by atoms with Gasteiger partial charge in [-0.3, -0.25) is 9.59 Å². The highest BCUT2D eigenvalue weighted by atomic mass is 32.2. The zero-order valence-corrected chi connectivity index (χ0v) is 12.6. The van der Waals surface area contributed by atoms with E-state index in [1.807, 2.05) is 6.92 Å². The molecule has 0 unspecified atom stereocenters. The number of nitrogens with two attached hydrogens (primary N) is 1. The number of nitrogens with one attached hydrogen (secondary N) is 1. The lowest BCUT2D eigenvalue weighted by molar-refractivity contribution is -0.113. The highest BCUT2D eigenvalue weighted by Gasteiger charge is 2.14. The van der Waals surface area contributed by atoms with Crippen LogP contribution in [0.1, 0.15) is 36.7 Å². The fourth-order valence-electron chi connectivity index (χ4n) is 1.38. The Labute approximate surface area is 118 Å². The molecule has 0 spiro atoms. The predicted octanol–water partition coefficient (Wildman–Crippen LogP) is 2.56. The zero-order chi connectivity index (χ0) is 14.6. The minimum atomic E-state index is -0.500. The molecule has 1 aromatic carbocycles. The molecule has 0 aliphatic rings. The van der Waals surface area contributed by atoms with Crippen LogP contribution in [0.15, 0.2) is 18.2 Å². The van der Waals surface area contributed by atoms with Gasteiger partial charge in [0.15, 0.2) is 0 Å². The Hall–Kier alpha value is -1.49. The molecule has 0 saturated heterocycles. The SMILES string of the molecule is Cc1ccc(C(N)=O)cc1NC(=O)CSC(C)(C)C. The van der Waals surface area contributed by atoms with E-state index in [-0.39, 0.29) is 10.7 Å². The molecule has 0 saturated carbocycles. The number of aryl methyl sites for hydroxylation is 1. The predicted molar refractivity (Wildman–Crippen MR) is 80.5 cm³/mol. The number of hydrogen-bond acceptors (Lipinski definition) is 3. The van der Waals surface area contributed by atoms with Gasteiger partial charge >= 0.3 is 0 Å². The third-order valence-electron chi connectivity index (χ3n) is 2.43. The van der Waals surface area contributed by atoms with Crippen LogP contribution in [0, 0.1) is 6.92 Å². The van der Waals surface area contributed by atoms with Crippen LogP contribution in [0.3, 0.4) is 0 Å². The summed E-state index contributed by atoms with van der Waals surface area (Å²) in [5, 5.41) is 2.81. The molecule has 0 fully saturated rings. The molecule has 1 rings (SSSR count). The van der Waals surface area contributed by atoms with Crippen molar-refractivity contribution in [1.29, 1.82) is 0 Å². The Bertz CT molecular complexity index is 493. The van der Waals surface area contributed by atoms with Crippen molar-refractivity contribution < 1.29 is 9.59 Å². The van der Waals surface area contributed by atoms with Crippen molar-refractivity contribution in [3.63, 3.8) is 0 Å². The van der Waals surface area contributed by atoms with Gasteiger partial charge in [0, 0.05) is 16.0 Å². The second-order valence-electron chi connectivity index (χ2n) is 5.34. The van der Waals surface area contributed by atoms with E-state index in [2.05, 4.69) is 26.1 Å². The molecular formula is C14H20N2O2S. The molecule has 4 nitrogen and oxygen atoms in total. The molecule has 19 heavy (non-hydrogen) atoms. The summed E-state index contributed by atoms with van der Waals surface area (Å²) in [4.78, 5) is 23.0. The summed E-state index contributed by atoms with van der Waals surface area (Å²) in [6, 6.07) is 5.03. The minimum absolute atomic E-state index is 0.0431. The van der Waals surface area contributed by atoms with Crippen molar-refractivity contribution >= 4 is 29.3 Å². The van der Waals surface area contributed by atoms with Gasteiger partial charge in [0.1, 0.15) is 0 Å². The second kappa shape index (κ2) is 6.10. The van der Waals surface area contributed by atoms with Crippen LogP contribution < -0.4 is 11.1 Å². The second-order valence-corrected chi connectivity index (χ2v) is 7.15. The van der Waals surface area contributed by atoms with Crippen LogP contribution in [-0.4, -0.2) is 22.3 Å². The van der Waals surface area contributed by atoms with Gasteiger partial charge in [0.25, 0.3) is 0 Å². The van der Waals surface area contributed by atoms with E-state index < -0.39 is 5.91 Å². The van der Waals surface area contributed by atoms with Crippen LogP contribution in [0.2, 0.25) is 0 Å². The summed E-state index contributed by atoms with van der Waals surface area (Å²) >= 11 is 1.57. The molecule has 1 aromatic rings. The number of amides is 2. The number of primary amides is 1. The van der Waals surface area contributed by atoms with Crippen molar-refractivity contribution in [2.75, 3.05) is 11.1 Å². The third-order valence-corrected chi connectivity index (χ3v) is 3.71. The lowest BCUT2D eigenvalue weighted by Crippen LogP contribution is -2.20. The molecule has 104 valence electrons. The fraction of sp³-hybridized carbons (Fsp3) is 0.429. The topological polar surface area (TPSA) is 72.2 Å². The smallest absolute Gasteiger partial charge is 0.248 e. The number of benzene rings is 1. The van der Waals surface area contributed by atoms with Crippen molar-refractivity contribution in [3.8, 4) is 0 Å². The highest BCUT2D eigenvalue weighted by Crippen LogP contribution is 2.23. The zero-order valence-electron chi connectivity index (χ0n) is 11.7. The van der Waals surface area contributed by atoms with Crippen LogP contribution in [0.25, 0.3) is 0 Å². The number of rotatable bonds is 4. The average Bonchev–Trinajstić information content (AvgIpc) is 2.28. The number of thioether (sulfide) groups is 1. The maximum absolute atomic E-state index is 11.8. The Balaban J connectivity index is 2.73. The Morgan fingerprint density at radius 3 is 2.47 bits per heavy atom. The van der Waals surface area contributed by atoms with Gasteiger partial charge < -0.3 is 11.1 Å². The Morgan fingerprint density at radius 1 is 1.32 bits per heavy atom. The molecular weight excluding hydrogens is 260 g/mol. The maximum atomic E-state index is 11.8. The molecule has 0 aromatic heterocycles. The molecule has 0 heterocycles. The highest BCUT2D eigenvalue weighted by molar-refractivity contribution is 8.01. The summed E-state index contributed by atoms with van der Waals surface area (Å²) in [5.41, 5.74) is 7.15. The van der Waals surface area contributed by atoms with Gasteiger partial charge in [0.2, 0.25) is 11.8 Å². The van der Waals surface area contributed by atoms with Crippen molar-refractivity contribution in [1.82, 2.24) is 0 Å². The first-order chi connectivity index (χ1) is 8.69. The van der Waals surface area contributed by atoms with Crippen LogP contribution in [0.5, 0.6) is 0 Å². The van der Waals surface area contributed by atoms with E-state index in [9.17, 15) is 9.59 Å². The van der Waals surface area contributed by atoms with E-state index >= 15 is 0 Å². The van der Waals surface area contributed by atoms with Crippen LogP contribution in [0.4, 0.5) is 5.69 Å². The van der Waals surface area contributed by atoms with Gasteiger partial charge in [-0.1, -0.05) is 26.8 Å². The quantitative estimate of drug-likeness (QED) is 0.890. The lowest BCUT2D eigenvalue weighted by atomic mass is 10.1. The fourth-order valence-corrected chi connectivity index (χ4v) is 2.01. The summed E-state index contributed by atoms with van der Waals surface area (Å²) in [5.74, 6) is -0.201. The van der Waals surface area contributed by atoms with Crippen molar-refractivity contribution in [2.45, 2.75) is 32.4 Å². The molecule has 0 aliphatic carbocycles. The molecule has 0 aliphatic heterocycles. The lowest BCUT2D eigenvalue weighted by Gasteiger charge is -2.17. The largest absolute Gasteiger partial charge is 0.366 e. The van der Waals surface area contributed by atoms with Gasteiger partial charge in [-0.05, 0) is 24.6 Å². The Kier molecular flexibility index (Phi) is 5.00. The maximum Gasteiger partial charge on any atom is 0.248 e. The average molecular weight is 280 g/mol. The van der Waals surface area contributed by atoms with E-state index in [0.717, 1.165) is 5.56 Å². The molecule has 0 atom stereocenters. The first-order valence-corrected chi connectivity index (χ1v) is 7.02. The monoisotopic (exact) mass is 280 g/mol. The third kappa shape index (κ3) is 5.34. The minimum Gasteiger partial charge on any atom is -0.366 e. The number of anilines is 1. The number of carbonyl (C=O) groups excluding carboxylic acids is 2. The number of hydrogen-bond donors (Lipinski definition) is 2. The van der Waals surface area contributed by atoms with E-state index in [1.54, 1.807) is 30.0 Å². The van der Waals surface area contributed by atoms with Gasteiger partial charge in [0.05, 0.1) is 5.75 Å². The summed E-state index contributed by atoms with van der Waals surface area (Å²) in [6.45, 7) is 8.05. The van der Waals surface area contributed by atoms with E-state index in [0.29, 0.717) is 17.0 Å². The van der Waals surface area contributed by atoms with Crippen molar-refractivity contribution in [3.05, 3.63) is 29.3 Å². The van der Waals surface area contributed by atoms with E-state index in [1.165, 1.54) is 0 Å². The van der Waals surface area contributed by atoms with Gasteiger partial charge in [-0.25, -0.2) is 0 Å². The van der Waals surface area contributed by atoms with Gasteiger partial charge in [-0.2, -0.15) is 0 Å². The van der Waals surface area contributed by atoms with Crippen LogP contribution >= 0.6 is 11.8 Å². The first-order valence-electron chi connectivity index (χ1n) is 6.03. The van der Waals surface area contributed by atoms with Crippen molar-refractivity contribution in [2.24, 2.45) is 5.73 Å². The molecule has 3 N–H and O–H groups in total. The normalized spacial score (nSPS) is 11.2. The number of carbonyl (C=O) groups is 2. The Morgan fingerprint density at radius 2 is 1.95 bits per heavy atom. The molecule has 2 amide bonds. The van der Waals surface area contributed by atoms with Crippen LogP contribution in [-0.2, 0) is 4.79 Å². The molecule has 0 bridgehead atoms. The summed E-state index contributed by atoms with van der Waals surface area (Å²) in [7, 11) is 0. The summed E-state index contributed by atoms with van der Waals surface area (Å²) in [6.07, 6.45) is 0. The summed E-state index contributed by atoms with van der Waals surface area (Å²) < 4.78 is 0.0431. The molecule has 5 heteroatoms. The molecule has 0 radical (unpaired) electrons.